The van der Waals surface area contributed by atoms with E-state index >= 15 is 0 Å². The van der Waals surface area contributed by atoms with Crippen molar-refractivity contribution < 1.29 is 26.4 Å². The van der Waals surface area contributed by atoms with Gasteiger partial charge in [0.15, 0.2) is 5.65 Å². The molecule has 0 radical (unpaired) electrons. The highest BCUT2D eigenvalue weighted by Gasteiger charge is 2.44. The van der Waals surface area contributed by atoms with Gasteiger partial charge in [-0.3, -0.25) is 0 Å². The maximum Gasteiger partial charge on any atom is 0.417 e. The van der Waals surface area contributed by atoms with Crippen molar-refractivity contribution >= 4 is 50.1 Å². The van der Waals surface area contributed by atoms with Crippen molar-refractivity contribution in [2.24, 2.45) is 11.8 Å². The van der Waals surface area contributed by atoms with E-state index in [1.165, 1.54) is 30.6 Å². The van der Waals surface area contributed by atoms with E-state index in [0.717, 1.165) is 16.1 Å². The lowest BCUT2D eigenvalue weighted by Gasteiger charge is -2.29. The van der Waals surface area contributed by atoms with Gasteiger partial charge in [0.2, 0.25) is 0 Å². The minimum Gasteiger partial charge on any atom is -0.370 e. The predicted octanol–water partition coefficient (Wildman–Crippen LogP) is 6.20. The molecule has 1 saturated heterocycles. The Bertz CT molecular complexity index is 1890. The molecule has 2 aliphatic rings. The first-order chi connectivity index (χ1) is 20.9. The number of anilines is 2. The highest BCUT2D eigenvalue weighted by molar-refractivity contribution is 7.90. The van der Waals surface area contributed by atoms with Crippen LogP contribution in [0.1, 0.15) is 24.0 Å². The second kappa shape index (κ2) is 11.0. The minimum atomic E-state index is -4.64. The Labute approximate surface area is 256 Å². The van der Waals surface area contributed by atoms with Gasteiger partial charge in [-0.05, 0) is 61.1 Å². The number of urea groups is 1. The fourth-order valence-corrected chi connectivity index (χ4v) is 7.91. The number of hydrogen-bond acceptors (Lipinski definition) is 6. The fourth-order valence-electron chi connectivity index (χ4n) is 6.37. The van der Waals surface area contributed by atoms with Gasteiger partial charge in [-0.1, -0.05) is 29.8 Å². The number of halogens is 4. The van der Waals surface area contributed by atoms with Crippen molar-refractivity contribution in [3.05, 3.63) is 83.1 Å². The summed E-state index contributed by atoms with van der Waals surface area (Å²) < 4.78 is 67.6. The van der Waals surface area contributed by atoms with E-state index in [1.54, 1.807) is 29.2 Å². The summed E-state index contributed by atoms with van der Waals surface area (Å²) in [5, 5.41) is 12.6. The second-order valence-electron chi connectivity index (χ2n) is 11.1. The molecule has 2 aromatic heterocycles. The number of nitrogens with one attached hydrogen (secondary N) is 1. The van der Waals surface area contributed by atoms with Crippen LogP contribution in [0, 0.1) is 23.2 Å². The molecule has 9 nitrogen and oxygen atoms in total. The molecule has 2 fully saturated rings. The number of hydrogen-bond donors (Lipinski definition) is 1. The Morgan fingerprint density at radius 3 is 2.43 bits per heavy atom. The van der Waals surface area contributed by atoms with Crippen LogP contribution in [-0.2, 0) is 16.2 Å². The maximum absolute atomic E-state index is 13.4. The molecule has 228 valence electrons. The lowest BCUT2D eigenvalue weighted by atomic mass is 10.0. The molecule has 1 aliphatic heterocycles. The van der Waals surface area contributed by atoms with Crippen LogP contribution in [0.2, 0.25) is 5.02 Å². The number of nitriles is 1. The zero-order valence-corrected chi connectivity index (χ0v) is 24.9. The van der Waals surface area contributed by atoms with Crippen molar-refractivity contribution in [3.8, 4) is 6.07 Å². The lowest BCUT2D eigenvalue weighted by molar-refractivity contribution is -0.137. The summed E-state index contributed by atoms with van der Waals surface area (Å²) in [6.07, 6.45) is -0.400. The molecule has 1 saturated carbocycles. The average Bonchev–Trinajstić information content (AvgIpc) is 3.71. The molecule has 2 unspecified atom stereocenters. The molecule has 4 aromatic rings. The molecule has 2 atom stereocenters. The number of alkyl halides is 3. The molecule has 44 heavy (non-hydrogen) atoms. The standard InChI is InChI=1S/C30H26ClF3N6O3S/c1-38(27-20(14-35)15-36-28-24(27)9-10-40(28)44(42,43)23-5-3-2-4-6-23)22-11-18-16-39(17-19(18)12-22)29(41)37-21-7-8-26(31)25(13-21)30(32,33)34/h2-10,13,15,18-19,22H,11-12,16-17H2,1H3,(H,37,41). The highest BCUT2D eigenvalue weighted by atomic mass is 35.5. The van der Waals surface area contributed by atoms with Crippen LogP contribution in [0.25, 0.3) is 11.0 Å². The first kappa shape index (κ1) is 29.8. The van der Waals surface area contributed by atoms with Gasteiger partial charge in [-0.15, -0.1) is 0 Å². The summed E-state index contributed by atoms with van der Waals surface area (Å²) in [5.41, 5.74) is 0.104. The van der Waals surface area contributed by atoms with Gasteiger partial charge in [0.05, 0.1) is 26.7 Å². The summed E-state index contributed by atoms with van der Waals surface area (Å²) in [4.78, 5) is 21.0. The summed E-state index contributed by atoms with van der Waals surface area (Å²) >= 11 is 5.69. The third-order valence-corrected chi connectivity index (χ3v) is 10.5. The van der Waals surface area contributed by atoms with Crippen LogP contribution >= 0.6 is 11.6 Å². The molecule has 14 heteroatoms. The topological polar surface area (TPSA) is 111 Å². The molecular formula is C30H26ClF3N6O3S. The van der Waals surface area contributed by atoms with E-state index in [2.05, 4.69) is 16.4 Å². The predicted molar refractivity (Wildman–Crippen MR) is 159 cm³/mol. The Kier molecular flexibility index (Phi) is 7.45. The molecule has 2 amide bonds. The Balaban J connectivity index is 1.18. The zero-order chi connectivity index (χ0) is 31.4. The Morgan fingerprint density at radius 2 is 1.80 bits per heavy atom. The van der Waals surface area contributed by atoms with Crippen LogP contribution in [0.4, 0.5) is 29.3 Å². The zero-order valence-electron chi connectivity index (χ0n) is 23.3. The van der Waals surface area contributed by atoms with Gasteiger partial charge in [0, 0.05) is 49.6 Å². The number of pyridine rings is 1. The van der Waals surface area contributed by atoms with Crippen molar-refractivity contribution in [3.63, 3.8) is 0 Å². The van der Waals surface area contributed by atoms with E-state index in [1.807, 2.05) is 11.9 Å². The first-order valence-electron chi connectivity index (χ1n) is 13.7. The molecular weight excluding hydrogens is 617 g/mol. The largest absolute Gasteiger partial charge is 0.417 e. The van der Waals surface area contributed by atoms with Crippen LogP contribution in [0.5, 0.6) is 0 Å². The van der Waals surface area contributed by atoms with Gasteiger partial charge in [0.25, 0.3) is 10.0 Å². The van der Waals surface area contributed by atoms with Crippen LogP contribution in [0.3, 0.4) is 0 Å². The van der Waals surface area contributed by atoms with E-state index in [0.29, 0.717) is 42.6 Å². The minimum absolute atomic E-state index is 0.00704. The monoisotopic (exact) mass is 642 g/mol. The number of likely N-dealkylation sites (tertiary alicyclic amines) is 1. The van der Waals surface area contributed by atoms with E-state index in [9.17, 15) is 31.6 Å². The van der Waals surface area contributed by atoms with Gasteiger partial charge in [0.1, 0.15) is 6.07 Å². The normalized spacial score (nSPS) is 20.0. The van der Waals surface area contributed by atoms with Gasteiger partial charge < -0.3 is 15.1 Å². The van der Waals surface area contributed by atoms with Crippen molar-refractivity contribution in [1.29, 1.82) is 5.26 Å². The Hall–Kier alpha value is -4.28. The number of fused-ring (bicyclic) bond motifs is 2. The van der Waals surface area contributed by atoms with E-state index < -0.39 is 32.8 Å². The number of nitrogens with zero attached hydrogens (tertiary/aromatic N) is 5. The SMILES string of the molecule is CN(c1c(C#N)cnc2c1ccn2S(=O)(=O)c1ccccc1)C1CC2CN(C(=O)Nc3ccc(Cl)c(C(F)(F)F)c3)CC2C1. The number of carbonyl (C=O) groups excluding carboxylic acids is 1. The number of carbonyl (C=O) groups is 1. The summed E-state index contributed by atoms with van der Waals surface area (Å²) in [7, 11) is -2.05. The highest BCUT2D eigenvalue weighted by Crippen LogP contribution is 2.43. The molecule has 0 bridgehead atoms. The van der Waals surface area contributed by atoms with Gasteiger partial charge in [-0.2, -0.15) is 18.4 Å². The van der Waals surface area contributed by atoms with Crippen molar-refractivity contribution in [2.45, 2.75) is 30.0 Å². The quantitative estimate of drug-likeness (QED) is 0.278. The molecule has 0 spiro atoms. The third kappa shape index (κ3) is 5.22. The number of rotatable bonds is 5. The smallest absolute Gasteiger partial charge is 0.370 e. The molecule has 2 aromatic carbocycles. The molecule has 1 N–H and O–H groups in total. The van der Waals surface area contributed by atoms with E-state index in [4.69, 9.17) is 11.6 Å². The number of aromatic nitrogens is 2. The van der Waals surface area contributed by atoms with Crippen molar-refractivity contribution in [1.82, 2.24) is 13.9 Å². The lowest BCUT2D eigenvalue weighted by Crippen LogP contribution is -2.36. The second-order valence-corrected chi connectivity index (χ2v) is 13.3. The fraction of sp³-hybridized carbons (Fsp3) is 0.300. The first-order valence-corrected chi connectivity index (χ1v) is 15.6. The van der Waals surface area contributed by atoms with Gasteiger partial charge >= 0.3 is 12.2 Å². The van der Waals surface area contributed by atoms with Crippen molar-refractivity contribution in [2.75, 3.05) is 30.4 Å². The summed E-state index contributed by atoms with van der Waals surface area (Å²) in [5.74, 6) is 0.296. The number of benzene rings is 2. The summed E-state index contributed by atoms with van der Waals surface area (Å²) in [6, 6.07) is 14.6. The average molecular weight is 643 g/mol. The molecule has 3 heterocycles. The molecule has 1 aliphatic carbocycles. The van der Waals surface area contributed by atoms with Gasteiger partial charge in [-0.25, -0.2) is 22.2 Å². The van der Waals surface area contributed by atoms with Crippen LogP contribution in [0.15, 0.2) is 71.9 Å². The van der Waals surface area contributed by atoms with Crippen LogP contribution < -0.4 is 10.2 Å². The third-order valence-electron chi connectivity index (χ3n) is 8.51. The number of amides is 2. The summed E-state index contributed by atoms with van der Waals surface area (Å²) in [6.45, 7) is 0.867. The van der Waals surface area contributed by atoms with Crippen LogP contribution in [-0.4, -0.2) is 54.5 Å². The molecule has 6 rings (SSSR count). The van der Waals surface area contributed by atoms with E-state index in [-0.39, 0.29) is 34.1 Å². The maximum atomic E-state index is 13.4. The Morgan fingerprint density at radius 1 is 1.11 bits per heavy atom.